The van der Waals surface area contributed by atoms with Crippen molar-refractivity contribution in [3.8, 4) is 0 Å². The molecule has 0 saturated heterocycles. The van der Waals surface area contributed by atoms with E-state index >= 15 is 0 Å². The van der Waals surface area contributed by atoms with Crippen LogP contribution < -0.4 is 0 Å². The first-order valence-electron chi connectivity index (χ1n) is 4.43. The van der Waals surface area contributed by atoms with Crippen molar-refractivity contribution in [1.29, 1.82) is 0 Å². The molecule has 0 N–H and O–H groups in total. The van der Waals surface area contributed by atoms with E-state index in [9.17, 15) is 0 Å². The number of halogens is 4. The molecule has 0 radical (unpaired) electrons. The van der Waals surface area contributed by atoms with Gasteiger partial charge in [0.05, 0.1) is 5.38 Å². The Kier molecular flexibility index (Phi) is 4.36. The zero-order chi connectivity index (χ0) is 11.7. The largest absolute Gasteiger partial charge is 0.125 e. The lowest BCUT2D eigenvalue weighted by Crippen LogP contribution is -1.90. The summed E-state index contributed by atoms with van der Waals surface area (Å²) in [5.74, 6) is 0. The number of alkyl halides is 1. The first-order valence-corrected chi connectivity index (χ1v) is 7.64. The molecule has 84 valence electrons. The molecule has 0 spiro atoms. The van der Waals surface area contributed by atoms with Crippen LogP contribution in [0.5, 0.6) is 0 Å². The second-order valence-electron chi connectivity index (χ2n) is 3.15. The molecular weight excluding hydrogens is 395 g/mol. The SMILES string of the molecule is Clc1sc(C(Cl)c2ccccc2Br)cc1Br. The monoisotopic (exact) mass is 398 g/mol. The van der Waals surface area contributed by atoms with Gasteiger partial charge in [-0.3, -0.25) is 0 Å². The smallest absolute Gasteiger partial charge is 0.107 e. The number of hydrogen-bond acceptors (Lipinski definition) is 1. The lowest BCUT2D eigenvalue weighted by molar-refractivity contribution is 1.17. The van der Waals surface area contributed by atoms with Crippen molar-refractivity contribution in [2.75, 3.05) is 0 Å². The molecular formula is C11H6Br2Cl2S. The fourth-order valence-corrected chi connectivity index (χ4v) is 4.09. The van der Waals surface area contributed by atoms with E-state index in [1.807, 2.05) is 30.3 Å². The quantitative estimate of drug-likeness (QED) is 0.522. The van der Waals surface area contributed by atoms with E-state index in [1.54, 1.807) is 0 Å². The lowest BCUT2D eigenvalue weighted by Gasteiger charge is -2.09. The van der Waals surface area contributed by atoms with Crippen LogP contribution in [0.25, 0.3) is 0 Å². The molecule has 1 unspecified atom stereocenters. The van der Waals surface area contributed by atoms with E-state index in [0.717, 1.165) is 23.7 Å². The van der Waals surface area contributed by atoms with Crippen molar-refractivity contribution in [1.82, 2.24) is 0 Å². The van der Waals surface area contributed by atoms with Gasteiger partial charge in [-0.15, -0.1) is 22.9 Å². The van der Waals surface area contributed by atoms with Crippen LogP contribution in [-0.4, -0.2) is 0 Å². The van der Waals surface area contributed by atoms with Crippen molar-refractivity contribution in [2.45, 2.75) is 5.38 Å². The number of rotatable bonds is 2. The minimum absolute atomic E-state index is 0.177. The molecule has 0 fully saturated rings. The summed E-state index contributed by atoms with van der Waals surface area (Å²) in [5, 5.41) is -0.177. The number of thiophene rings is 1. The van der Waals surface area contributed by atoms with Crippen LogP contribution in [0, 0.1) is 0 Å². The molecule has 1 aromatic carbocycles. The van der Waals surface area contributed by atoms with E-state index in [4.69, 9.17) is 23.2 Å². The minimum atomic E-state index is -0.177. The van der Waals surface area contributed by atoms with Gasteiger partial charge in [0.2, 0.25) is 0 Å². The second kappa shape index (κ2) is 5.40. The summed E-state index contributed by atoms with van der Waals surface area (Å²) in [6.07, 6.45) is 0. The molecule has 0 aliphatic rings. The van der Waals surface area contributed by atoms with Crippen LogP contribution in [0.15, 0.2) is 39.3 Å². The van der Waals surface area contributed by atoms with Gasteiger partial charge in [-0.25, -0.2) is 0 Å². The fraction of sp³-hybridized carbons (Fsp3) is 0.0909. The Hall–Kier alpha value is 0.460. The maximum atomic E-state index is 6.42. The summed E-state index contributed by atoms with van der Waals surface area (Å²) < 4.78 is 2.63. The lowest BCUT2D eigenvalue weighted by atomic mass is 10.1. The van der Waals surface area contributed by atoms with Gasteiger partial charge in [0, 0.05) is 13.8 Å². The third-order valence-corrected chi connectivity index (χ3v) is 5.95. The molecule has 0 nitrogen and oxygen atoms in total. The fourth-order valence-electron chi connectivity index (χ4n) is 1.32. The molecule has 16 heavy (non-hydrogen) atoms. The Labute approximate surface area is 125 Å². The predicted molar refractivity (Wildman–Crippen MR) is 78.9 cm³/mol. The van der Waals surface area contributed by atoms with Crippen LogP contribution in [-0.2, 0) is 0 Å². The standard InChI is InChI=1S/C11H6Br2Cl2S/c12-7-4-2-1-3-6(7)10(14)9-5-8(13)11(15)16-9/h1-5,10H. The van der Waals surface area contributed by atoms with Crippen LogP contribution in [0.4, 0.5) is 0 Å². The molecule has 1 atom stereocenters. The van der Waals surface area contributed by atoms with E-state index in [1.165, 1.54) is 11.3 Å². The summed E-state index contributed by atoms with van der Waals surface area (Å²) in [5.41, 5.74) is 1.05. The van der Waals surface area contributed by atoms with Gasteiger partial charge in [0.25, 0.3) is 0 Å². The van der Waals surface area contributed by atoms with Gasteiger partial charge >= 0.3 is 0 Å². The van der Waals surface area contributed by atoms with Crippen molar-refractivity contribution in [3.05, 3.63) is 54.1 Å². The third-order valence-electron chi connectivity index (χ3n) is 2.09. The van der Waals surface area contributed by atoms with Gasteiger partial charge in [0.15, 0.2) is 0 Å². The van der Waals surface area contributed by atoms with Crippen LogP contribution in [0.1, 0.15) is 15.8 Å². The average molecular weight is 401 g/mol. The Bertz CT molecular complexity index is 491. The number of hydrogen-bond donors (Lipinski definition) is 0. The van der Waals surface area contributed by atoms with Crippen molar-refractivity contribution in [3.63, 3.8) is 0 Å². The van der Waals surface area contributed by atoms with Crippen molar-refractivity contribution in [2.24, 2.45) is 0 Å². The van der Waals surface area contributed by atoms with Gasteiger partial charge in [-0.05, 0) is 33.6 Å². The Morgan fingerprint density at radius 3 is 2.38 bits per heavy atom. The molecule has 1 heterocycles. The van der Waals surface area contributed by atoms with Crippen molar-refractivity contribution >= 4 is 66.4 Å². The zero-order valence-corrected chi connectivity index (χ0v) is 13.4. The molecule has 2 aromatic rings. The first-order chi connectivity index (χ1) is 7.59. The third kappa shape index (κ3) is 2.65. The van der Waals surface area contributed by atoms with Crippen molar-refractivity contribution < 1.29 is 0 Å². The van der Waals surface area contributed by atoms with Crippen LogP contribution >= 0.6 is 66.4 Å². The molecule has 0 aliphatic carbocycles. The zero-order valence-electron chi connectivity index (χ0n) is 7.88. The highest BCUT2D eigenvalue weighted by molar-refractivity contribution is 9.10. The van der Waals surface area contributed by atoms with E-state index in [0.29, 0.717) is 0 Å². The molecule has 0 saturated carbocycles. The molecule has 5 heteroatoms. The molecule has 0 aliphatic heterocycles. The summed E-state index contributed by atoms with van der Waals surface area (Å²) in [6, 6.07) is 9.89. The minimum Gasteiger partial charge on any atom is -0.125 e. The van der Waals surface area contributed by atoms with E-state index < -0.39 is 0 Å². The highest BCUT2D eigenvalue weighted by atomic mass is 79.9. The summed E-state index contributed by atoms with van der Waals surface area (Å²) in [4.78, 5) is 1.03. The normalized spacial score (nSPS) is 12.8. The second-order valence-corrected chi connectivity index (χ2v) is 6.99. The van der Waals surface area contributed by atoms with Gasteiger partial charge in [-0.2, -0.15) is 0 Å². The maximum absolute atomic E-state index is 6.42. The van der Waals surface area contributed by atoms with E-state index in [2.05, 4.69) is 31.9 Å². The molecule has 0 bridgehead atoms. The van der Waals surface area contributed by atoms with Gasteiger partial charge in [0.1, 0.15) is 4.34 Å². The number of benzene rings is 1. The molecule has 0 amide bonds. The Balaban J connectivity index is 2.39. The van der Waals surface area contributed by atoms with Gasteiger partial charge < -0.3 is 0 Å². The van der Waals surface area contributed by atoms with Crippen LogP contribution in [0.3, 0.4) is 0 Å². The highest BCUT2D eigenvalue weighted by Gasteiger charge is 2.17. The highest BCUT2D eigenvalue weighted by Crippen LogP contribution is 2.41. The maximum Gasteiger partial charge on any atom is 0.107 e. The molecule has 2 rings (SSSR count). The van der Waals surface area contributed by atoms with E-state index in [-0.39, 0.29) is 5.38 Å². The van der Waals surface area contributed by atoms with Gasteiger partial charge in [-0.1, -0.05) is 45.7 Å². The predicted octanol–water partition coefficient (Wildman–Crippen LogP) is 6.25. The van der Waals surface area contributed by atoms with Crippen LogP contribution in [0.2, 0.25) is 4.34 Å². The Morgan fingerprint density at radius 1 is 1.12 bits per heavy atom. The first kappa shape index (κ1) is 12.9. The summed E-state index contributed by atoms with van der Waals surface area (Å²) >= 11 is 20.8. The average Bonchev–Trinajstić information content (AvgIpc) is 2.59. The topological polar surface area (TPSA) is 0 Å². The summed E-state index contributed by atoms with van der Waals surface area (Å²) in [6.45, 7) is 0. The summed E-state index contributed by atoms with van der Waals surface area (Å²) in [7, 11) is 0. The molecule has 1 aromatic heterocycles. The Morgan fingerprint density at radius 2 is 1.81 bits per heavy atom.